The third kappa shape index (κ3) is 2.12. The van der Waals surface area contributed by atoms with Crippen molar-refractivity contribution in [2.45, 2.75) is 51.0 Å². The lowest BCUT2D eigenvalue weighted by Gasteiger charge is -2.18. The van der Waals surface area contributed by atoms with Gasteiger partial charge >= 0.3 is 0 Å². The van der Waals surface area contributed by atoms with E-state index in [1.54, 1.807) is 0 Å². The highest BCUT2D eigenvalue weighted by atomic mass is 35.5. The second kappa shape index (κ2) is 5.10. The van der Waals surface area contributed by atoms with Gasteiger partial charge in [0.1, 0.15) is 5.75 Å². The van der Waals surface area contributed by atoms with Crippen LogP contribution < -0.4 is 5.32 Å². The molecule has 0 spiro atoms. The molecule has 1 aliphatic heterocycles. The predicted molar refractivity (Wildman–Crippen MR) is 74.4 cm³/mol. The van der Waals surface area contributed by atoms with E-state index in [4.69, 9.17) is 11.6 Å². The molecule has 1 unspecified atom stereocenters. The van der Waals surface area contributed by atoms with Crippen molar-refractivity contribution in [1.82, 2.24) is 5.32 Å². The second-order valence-corrected chi connectivity index (χ2v) is 5.85. The first kappa shape index (κ1) is 12.3. The van der Waals surface area contributed by atoms with Gasteiger partial charge in [-0.25, -0.2) is 0 Å². The SMILES string of the molecule is Oc1c(C2CCCN2)cc2c(c1Cl)CCCCC2. The summed E-state index contributed by atoms with van der Waals surface area (Å²) in [5.41, 5.74) is 3.56. The molecule has 0 saturated carbocycles. The first-order valence-electron chi connectivity index (χ1n) is 7.04. The van der Waals surface area contributed by atoms with Crippen molar-refractivity contribution >= 4 is 11.6 Å². The number of halogens is 1. The maximum atomic E-state index is 10.3. The predicted octanol–water partition coefficient (Wildman–Crippen LogP) is 3.74. The summed E-state index contributed by atoms with van der Waals surface area (Å²) in [5.74, 6) is 0.316. The van der Waals surface area contributed by atoms with Crippen molar-refractivity contribution in [2.75, 3.05) is 6.54 Å². The topological polar surface area (TPSA) is 32.3 Å². The van der Waals surface area contributed by atoms with Crippen molar-refractivity contribution in [3.05, 3.63) is 27.8 Å². The van der Waals surface area contributed by atoms with Crippen LogP contribution in [0.2, 0.25) is 5.02 Å². The zero-order valence-electron chi connectivity index (χ0n) is 10.6. The van der Waals surface area contributed by atoms with E-state index in [0.717, 1.165) is 31.4 Å². The Bertz CT molecular complexity index is 452. The number of fused-ring (bicyclic) bond motifs is 1. The molecule has 3 rings (SSSR count). The van der Waals surface area contributed by atoms with E-state index in [1.165, 1.54) is 36.8 Å². The Morgan fingerprint density at radius 2 is 2.00 bits per heavy atom. The number of nitrogens with one attached hydrogen (secondary N) is 1. The van der Waals surface area contributed by atoms with Gasteiger partial charge in [-0.1, -0.05) is 24.1 Å². The van der Waals surface area contributed by atoms with Gasteiger partial charge in [-0.05, 0) is 56.2 Å². The van der Waals surface area contributed by atoms with Crippen LogP contribution in [0.15, 0.2) is 6.07 Å². The molecule has 2 nitrogen and oxygen atoms in total. The summed E-state index contributed by atoms with van der Waals surface area (Å²) in [7, 11) is 0. The molecular formula is C15H20ClNO. The lowest BCUT2D eigenvalue weighted by Crippen LogP contribution is -2.14. The highest BCUT2D eigenvalue weighted by Crippen LogP contribution is 2.41. The van der Waals surface area contributed by atoms with Crippen LogP contribution in [0.3, 0.4) is 0 Å². The maximum absolute atomic E-state index is 10.3. The van der Waals surface area contributed by atoms with Crippen LogP contribution in [-0.4, -0.2) is 11.7 Å². The fraction of sp³-hybridized carbons (Fsp3) is 0.600. The van der Waals surface area contributed by atoms with Gasteiger partial charge in [-0.3, -0.25) is 0 Å². The average molecular weight is 266 g/mol. The van der Waals surface area contributed by atoms with Crippen molar-refractivity contribution in [3.8, 4) is 5.75 Å². The molecule has 3 heteroatoms. The van der Waals surface area contributed by atoms with Crippen molar-refractivity contribution in [3.63, 3.8) is 0 Å². The smallest absolute Gasteiger partial charge is 0.139 e. The first-order valence-corrected chi connectivity index (χ1v) is 7.41. The van der Waals surface area contributed by atoms with E-state index in [2.05, 4.69) is 11.4 Å². The molecule has 98 valence electrons. The van der Waals surface area contributed by atoms with E-state index in [1.807, 2.05) is 0 Å². The summed E-state index contributed by atoms with van der Waals surface area (Å²) in [4.78, 5) is 0. The summed E-state index contributed by atoms with van der Waals surface area (Å²) in [5, 5.41) is 14.4. The third-order valence-electron chi connectivity index (χ3n) is 4.27. The number of aromatic hydroxyl groups is 1. The Morgan fingerprint density at radius 3 is 2.78 bits per heavy atom. The molecule has 1 aromatic rings. The van der Waals surface area contributed by atoms with Crippen molar-refractivity contribution in [1.29, 1.82) is 0 Å². The average Bonchev–Trinajstić information content (AvgIpc) is 2.79. The number of benzene rings is 1. The molecule has 1 saturated heterocycles. The van der Waals surface area contributed by atoms with Crippen LogP contribution >= 0.6 is 11.6 Å². The molecule has 1 aliphatic carbocycles. The summed E-state index contributed by atoms with van der Waals surface area (Å²) >= 11 is 6.39. The number of aryl methyl sites for hydroxylation is 1. The fourth-order valence-corrected chi connectivity index (χ4v) is 3.58. The van der Waals surface area contributed by atoms with E-state index in [9.17, 15) is 5.11 Å². The molecule has 1 fully saturated rings. The molecular weight excluding hydrogens is 246 g/mol. The van der Waals surface area contributed by atoms with Crippen LogP contribution in [-0.2, 0) is 12.8 Å². The molecule has 1 atom stereocenters. The van der Waals surface area contributed by atoms with Gasteiger partial charge < -0.3 is 10.4 Å². The first-order chi connectivity index (χ1) is 8.77. The highest BCUT2D eigenvalue weighted by molar-refractivity contribution is 6.33. The molecule has 0 aromatic heterocycles. The van der Waals surface area contributed by atoms with Crippen LogP contribution in [0.1, 0.15) is 54.8 Å². The van der Waals surface area contributed by atoms with Crippen LogP contribution in [0.5, 0.6) is 5.75 Å². The Hall–Kier alpha value is -0.730. The molecule has 18 heavy (non-hydrogen) atoms. The summed E-state index contributed by atoms with van der Waals surface area (Å²) in [6, 6.07) is 2.49. The van der Waals surface area contributed by atoms with Gasteiger partial charge in [0.05, 0.1) is 5.02 Å². The highest BCUT2D eigenvalue weighted by Gasteiger charge is 2.24. The van der Waals surface area contributed by atoms with Gasteiger partial charge in [0.15, 0.2) is 0 Å². The zero-order valence-corrected chi connectivity index (χ0v) is 11.4. The summed E-state index contributed by atoms with van der Waals surface area (Å²) in [6.07, 6.45) is 8.10. The van der Waals surface area contributed by atoms with Gasteiger partial charge in [-0.2, -0.15) is 0 Å². The Morgan fingerprint density at radius 1 is 1.17 bits per heavy atom. The van der Waals surface area contributed by atoms with Crippen molar-refractivity contribution in [2.24, 2.45) is 0 Å². The lowest BCUT2D eigenvalue weighted by atomic mass is 9.95. The van der Waals surface area contributed by atoms with Crippen LogP contribution in [0.25, 0.3) is 0 Å². The van der Waals surface area contributed by atoms with Gasteiger partial charge in [0, 0.05) is 11.6 Å². The van der Waals surface area contributed by atoms with E-state index < -0.39 is 0 Å². The lowest BCUT2D eigenvalue weighted by molar-refractivity contribution is 0.456. The largest absolute Gasteiger partial charge is 0.506 e. The summed E-state index contributed by atoms with van der Waals surface area (Å²) < 4.78 is 0. The number of phenolic OH excluding ortho intramolecular Hbond substituents is 1. The van der Waals surface area contributed by atoms with Crippen LogP contribution in [0, 0.1) is 0 Å². The zero-order chi connectivity index (χ0) is 12.5. The molecule has 2 aliphatic rings. The van der Waals surface area contributed by atoms with Crippen LogP contribution in [0.4, 0.5) is 0 Å². The number of hydrogen-bond acceptors (Lipinski definition) is 2. The minimum absolute atomic E-state index is 0.288. The number of hydrogen-bond donors (Lipinski definition) is 2. The molecule has 0 amide bonds. The third-order valence-corrected chi connectivity index (χ3v) is 4.68. The Balaban J connectivity index is 2.05. The van der Waals surface area contributed by atoms with Gasteiger partial charge in [0.25, 0.3) is 0 Å². The molecule has 2 N–H and O–H groups in total. The normalized spacial score (nSPS) is 23.7. The minimum atomic E-state index is 0.288. The van der Waals surface area contributed by atoms with Gasteiger partial charge in [0.2, 0.25) is 0 Å². The summed E-state index contributed by atoms with van der Waals surface area (Å²) in [6.45, 7) is 1.04. The number of rotatable bonds is 1. The molecule has 1 aromatic carbocycles. The van der Waals surface area contributed by atoms with E-state index >= 15 is 0 Å². The number of phenols is 1. The molecule has 0 radical (unpaired) electrons. The Kier molecular flexibility index (Phi) is 3.49. The fourth-order valence-electron chi connectivity index (χ4n) is 3.26. The monoisotopic (exact) mass is 265 g/mol. The minimum Gasteiger partial charge on any atom is -0.506 e. The standard InChI is InChI=1S/C15H20ClNO/c16-14-11-6-3-1-2-5-10(11)9-12(15(14)18)13-7-4-8-17-13/h9,13,17-18H,1-8H2. The molecule has 0 bridgehead atoms. The molecule has 1 heterocycles. The quantitative estimate of drug-likeness (QED) is 0.758. The second-order valence-electron chi connectivity index (χ2n) is 5.48. The van der Waals surface area contributed by atoms with E-state index in [-0.39, 0.29) is 6.04 Å². The maximum Gasteiger partial charge on any atom is 0.139 e. The van der Waals surface area contributed by atoms with Crippen molar-refractivity contribution < 1.29 is 5.11 Å². The Labute approximate surface area is 113 Å². The van der Waals surface area contributed by atoms with Gasteiger partial charge in [-0.15, -0.1) is 0 Å². The van der Waals surface area contributed by atoms with E-state index in [0.29, 0.717) is 10.8 Å².